The molecule has 3 aromatic carbocycles. The molecule has 0 aromatic heterocycles. The number of nitrogens with zero attached hydrogens (tertiary/aromatic N) is 2. The van der Waals surface area contributed by atoms with Crippen molar-refractivity contribution in [2.75, 3.05) is 45.1 Å². The van der Waals surface area contributed by atoms with Crippen molar-refractivity contribution in [3.8, 4) is 5.75 Å². The summed E-state index contributed by atoms with van der Waals surface area (Å²) < 4.78 is 8.89. The zero-order valence-corrected chi connectivity index (χ0v) is 33.4. The van der Waals surface area contributed by atoms with E-state index in [0.29, 0.717) is 0 Å². The normalized spacial score (nSPS) is 17.0. The number of allylic oxidation sites excluding steroid dienone is 4. The van der Waals surface area contributed by atoms with Gasteiger partial charge in [0, 0.05) is 0 Å². The second kappa shape index (κ2) is 13.4. The maximum atomic E-state index is 6.47. The van der Waals surface area contributed by atoms with Gasteiger partial charge in [-0.05, 0) is 0 Å². The Morgan fingerprint density at radius 1 is 0.778 bits per heavy atom. The topological polar surface area (TPSA) is 15.7 Å². The van der Waals surface area contributed by atoms with Crippen molar-refractivity contribution in [1.82, 2.24) is 0 Å². The van der Waals surface area contributed by atoms with Crippen LogP contribution >= 0.6 is 0 Å². The van der Waals surface area contributed by atoms with Crippen LogP contribution in [0.4, 0.5) is 11.4 Å². The molecule has 0 heterocycles. The van der Waals surface area contributed by atoms with Crippen molar-refractivity contribution in [3.63, 3.8) is 0 Å². The summed E-state index contributed by atoms with van der Waals surface area (Å²) in [6.07, 6.45) is 2.55. The molecule has 240 valence electrons. The third-order valence-electron chi connectivity index (χ3n) is 10.6. The van der Waals surface area contributed by atoms with E-state index in [9.17, 15) is 0 Å². The molecule has 0 radical (unpaired) electrons. The second-order valence-corrected chi connectivity index (χ2v) is 25.6. The Labute approximate surface area is 283 Å². The van der Waals surface area contributed by atoms with Crippen LogP contribution in [0.5, 0.6) is 5.75 Å². The van der Waals surface area contributed by atoms with Gasteiger partial charge < -0.3 is 0 Å². The molecule has 0 aliphatic heterocycles. The summed E-state index contributed by atoms with van der Waals surface area (Å²) in [5, 5.41) is 1.48. The van der Waals surface area contributed by atoms with Gasteiger partial charge in [0.15, 0.2) is 0 Å². The summed E-state index contributed by atoms with van der Waals surface area (Å²) in [4.78, 5) is 4.62. The summed E-state index contributed by atoms with van der Waals surface area (Å²) >= 11 is -2.47. The first-order chi connectivity index (χ1) is 21.0. The molecule has 0 bridgehead atoms. The van der Waals surface area contributed by atoms with E-state index in [1.807, 2.05) is 7.11 Å². The van der Waals surface area contributed by atoms with Gasteiger partial charge in [0.1, 0.15) is 0 Å². The van der Waals surface area contributed by atoms with Gasteiger partial charge in [0.25, 0.3) is 0 Å². The SMILES string of the molecule is COc1c(C(C)(C)C)cc(C)cc1[Si](C)(C)[C]1([Sc]([CH2]c2ccccc2N(C)C)[CH2]c2ccccc2N(C)C)C(C)=CC(C)=C1C. The molecular weight excluding hydrogens is 597 g/mol. The Morgan fingerprint density at radius 3 is 1.67 bits per heavy atom. The van der Waals surface area contributed by atoms with Crippen molar-refractivity contribution in [3.05, 3.63) is 106 Å². The standard InChI is InChI=1S/C22H33OSi.2C9H12N.Sc/c1-14-11-18(22(5,6)7)20(23-8)19(12-14)24(9,10)21-16(3)13-15(2)17(21)4;2*1-8-6-4-5-7-9(8)10(2)3;/h11-13H,1-10H3;2*4-7H,1H2,2-3H3;. The molecule has 3 nitrogen and oxygen atoms in total. The fourth-order valence-electron chi connectivity index (χ4n) is 8.63. The van der Waals surface area contributed by atoms with Crippen LogP contribution in [0.15, 0.2) is 83.5 Å². The number of methoxy groups -OCH3 is 1. The molecule has 0 fully saturated rings. The van der Waals surface area contributed by atoms with Crippen LogP contribution < -0.4 is 19.7 Å². The van der Waals surface area contributed by atoms with Gasteiger partial charge in [-0.2, -0.15) is 0 Å². The molecule has 0 saturated heterocycles. The van der Waals surface area contributed by atoms with Crippen molar-refractivity contribution in [1.29, 1.82) is 0 Å². The molecule has 0 N–H and O–H groups in total. The Hall–Kier alpha value is -2.37. The van der Waals surface area contributed by atoms with Crippen molar-refractivity contribution in [2.45, 2.75) is 78.1 Å². The minimum absolute atomic E-state index is 0.0127. The van der Waals surface area contributed by atoms with Crippen LogP contribution in [0, 0.1) is 6.92 Å². The van der Waals surface area contributed by atoms with E-state index >= 15 is 0 Å². The van der Waals surface area contributed by atoms with Crippen LogP contribution in [-0.2, 0) is 35.2 Å². The van der Waals surface area contributed by atoms with Crippen LogP contribution in [0.25, 0.3) is 0 Å². The molecule has 0 saturated carbocycles. The van der Waals surface area contributed by atoms with E-state index in [1.165, 1.54) is 52.7 Å². The Morgan fingerprint density at radius 2 is 1.27 bits per heavy atom. The molecule has 1 atom stereocenters. The number of anilines is 2. The molecule has 0 spiro atoms. The van der Waals surface area contributed by atoms with Crippen LogP contribution in [-0.4, -0.2) is 43.4 Å². The van der Waals surface area contributed by atoms with E-state index in [2.05, 4.69) is 166 Å². The van der Waals surface area contributed by atoms with Gasteiger partial charge in [0.2, 0.25) is 0 Å². The van der Waals surface area contributed by atoms with Crippen molar-refractivity contribution in [2.24, 2.45) is 0 Å². The number of ether oxygens (including phenoxy) is 1. The van der Waals surface area contributed by atoms with E-state index in [4.69, 9.17) is 4.74 Å². The fourth-order valence-corrected chi connectivity index (χ4v) is 26.4. The molecule has 0 amide bonds. The van der Waals surface area contributed by atoms with Crippen molar-refractivity contribution >= 4 is 24.6 Å². The van der Waals surface area contributed by atoms with Crippen molar-refractivity contribution < 1.29 is 26.2 Å². The van der Waals surface area contributed by atoms with Gasteiger partial charge in [-0.1, -0.05) is 0 Å². The minimum atomic E-state index is -2.47. The Bertz CT molecular complexity index is 1560. The van der Waals surface area contributed by atoms with E-state index in [0.717, 1.165) is 5.75 Å². The average molecular weight is 655 g/mol. The Balaban J connectivity index is 2.10. The number of hydrogen-bond donors (Lipinski definition) is 0. The summed E-state index contributed by atoms with van der Waals surface area (Å²) in [6.45, 7) is 21.9. The van der Waals surface area contributed by atoms with E-state index in [-0.39, 0.29) is 8.21 Å². The maximum absolute atomic E-state index is 6.47. The average Bonchev–Trinajstić information content (AvgIpc) is 3.20. The summed E-state index contributed by atoms with van der Waals surface area (Å²) in [7, 11) is 8.34. The quantitative estimate of drug-likeness (QED) is 0.203. The van der Waals surface area contributed by atoms with E-state index in [1.54, 1.807) is 11.1 Å². The summed E-state index contributed by atoms with van der Waals surface area (Å²) in [5.74, 6) is 1.12. The monoisotopic (exact) mass is 654 g/mol. The molecular formula is C40H57N2OScSi. The molecule has 4 rings (SSSR count). The van der Waals surface area contributed by atoms with E-state index < -0.39 is 29.5 Å². The van der Waals surface area contributed by atoms with Crippen LogP contribution in [0.2, 0.25) is 15.9 Å². The third-order valence-corrected chi connectivity index (χ3v) is 26.4. The number of rotatable bonds is 10. The predicted octanol–water partition coefficient (Wildman–Crippen LogP) is 9.36. The van der Waals surface area contributed by atoms with Gasteiger partial charge in [-0.15, -0.1) is 0 Å². The van der Waals surface area contributed by atoms with Gasteiger partial charge in [-0.3, -0.25) is 0 Å². The van der Waals surface area contributed by atoms with Gasteiger partial charge in [-0.25, -0.2) is 0 Å². The molecule has 1 unspecified atom stereocenters. The molecule has 5 heteroatoms. The fraction of sp³-hybridized carbons (Fsp3) is 0.450. The molecule has 45 heavy (non-hydrogen) atoms. The number of para-hydroxylation sites is 2. The number of aryl methyl sites for hydroxylation is 1. The van der Waals surface area contributed by atoms with Gasteiger partial charge in [0.05, 0.1) is 0 Å². The number of hydrogen-bond acceptors (Lipinski definition) is 3. The zero-order valence-electron chi connectivity index (χ0n) is 30.6. The molecule has 1 aliphatic carbocycles. The zero-order chi connectivity index (χ0) is 33.5. The first kappa shape index (κ1) is 35.5. The predicted molar refractivity (Wildman–Crippen MR) is 197 cm³/mol. The molecule has 1 aliphatic rings. The summed E-state index contributed by atoms with van der Waals surface area (Å²) in [5.41, 5.74) is 13.0. The molecule has 3 aromatic rings. The van der Waals surface area contributed by atoms with Crippen LogP contribution in [0.3, 0.4) is 0 Å². The number of benzene rings is 3. The first-order valence-electron chi connectivity index (χ1n) is 16.5. The van der Waals surface area contributed by atoms with Crippen LogP contribution in [0.1, 0.15) is 63.8 Å². The Kier molecular flexibility index (Phi) is 10.6. The van der Waals surface area contributed by atoms with Gasteiger partial charge >= 0.3 is 285 Å². The second-order valence-electron chi connectivity index (χ2n) is 15.4. The third kappa shape index (κ3) is 6.46. The first-order valence-corrected chi connectivity index (χ1v) is 23.0. The summed E-state index contributed by atoms with van der Waals surface area (Å²) in [6, 6.07) is 23.2.